The molecule has 1 aliphatic heterocycles. The quantitative estimate of drug-likeness (QED) is 0.798. The Kier molecular flexibility index (Phi) is 4.96. The van der Waals surface area contributed by atoms with Gasteiger partial charge in [-0.1, -0.05) is 13.3 Å². The van der Waals surface area contributed by atoms with Gasteiger partial charge >= 0.3 is 6.18 Å². The van der Waals surface area contributed by atoms with E-state index in [1.807, 2.05) is 6.92 Å². The lowest BCUT2D eigenvalue weighted by atomic mass is 10.2. The summed E-state index contributed by atoms with van der Waals surface area (Å²) in [6.07, 6.45) is -2.63. The predicted octanol–water partition coefficient (Wildman–Crippen LogP) is 2.29. The maximum Gasteiger partial charge on any atom is 0.421 e. The smallest absolute Gasteiger partial charge is 0.421 e. The molecule has 2 rings (SSSR count). The van der Waals surface area contributed by atoms with Crippen LogP contribution in [0.5, 0.6) is 5.88 Å². The lowest BCUT2D eigenvalue weighted by molar-refractivity contribution is -0.140. The summed E-state index contributed by atoms with van der Waals surface area (Å²) in [5, 5.41) is 0. The lowest BCUT2D eigenvalue weighted by Crippen LogP contribution is -2.56. The van der Waals surface area contributed by atoms with Gasteiger partial charge in [-0.3, -0.25) is 0 Å². The number of rotatable bonds is 6. The van der Waals surface area contributed by atoms with Gasteiger partial charge in [0.05, 0.1) is 18.8 Å². The molecule has 124 valence electrons. The first-order valence-electron chi connectivity index (χ1n) is 6.90. The number of alkyl halides is 3. The number of aromatic nitrogens is 1. The number of sulfonamides is 1. The van der Waals surface area contributed by atoms with Crippen LogP contribution in [0.3, 0.4) is 0 Å². The molecule has 0 amide bonds. The first-order chi connectivity index (χ1) is 10.2. The Bertz CT molecular complexity index is 613. The van der Waals surface area contributed by atoms with Crippen molar-refractivity contribution in [3.8, 4) is 5.88 Å². The van der Waals surface area contributed by atoms with Crippen molar-refractivity contribution in [2.75, 3.05) is 18.8 Å². The molecule has 1 saturated heterocycles. The van der Waals surface area contributed by atoms with Gasteiger partial charge in [-0.15, -0.1) is 0 Å². The molecule has 2 heterocycles. The van der Waals surface area contributed by atoms with E-state index in [1.165, 1.54) is 16.6 Å². The molecule has 0 N–H and O–H groups in total. The minimum Gasteiger partial charge on any atom is -0.471 e. The fourth-order valence-electron chi connectivity index (χ4n) is 2.02. The molecular weight excluding hydrogens is 321 g/mol. The van der Waals surface area contributed by atoms with Crippen LogP contribution >= 0.6 is 0 Å². The molecule has 0 spiro atoms. The molecule has 5 nitrogen and oxygen atoms in total. The van der Waals surface area contributed by atoms with Gasteiger partial charge in [0.2, 0.25) is 15.9 Å². The topological polar surface area (TPSA) is 59.5 Å². The normalized spacial score (nSPS) is 17.3. The monoisotopic (exact) mass is 338 g/mol. The zero-order valence-electron chi connectivity index (χ0n) is 12.0. The first kappa shape index (κ1) is 17.0. The van der Waals surface area contributed by atoms with Crippen LogP contribution in [0.25, 0.3) is 0 Å². The highest BCUT2D eigenvalue weighted by molar-refractivity contribution is 7.89. The van der Waals surface area contributed by atoms with E-state index in [2.05, 4.69) is 4.98 Å². The van der Waals surface area contributed by atoms with Gasteiger partial charge in [0.15, 0.2) is 0 Å². The number of unbranched alkanes of at least 4 members (excludes halogenated alkanes) is 1. The van der Waals surface area contributed by atoms with Gasteiger partial charge in [-0.2, -0.15) is 17.5 Å². The van der Waals surface area contributed by atoms with Crippen molar-refractivity contribution in [3.05, 3.63) is 23.9 Å². The fraction of sp³-hybridized carbons (Fsp3) is 0.615. The number of ether oxygens (including phenoxy) is 1. The van der Waals surface area contributed by atoms with E-state index in [0.29, 0.717) is 6.42 Å². The Hall–Kier alpha value is -1.35. The van der Waals surface area contributed by atoms with E-state index in [0.717, 1.165) is 12.5 Å². The number of pyridine rings is 1. The number of hydrogen-bond acceptors (Lipinski definition) is 4. The summed E-state index contributed by atoms with van der Waals surface area (Å²) >= 11 is 0. The Balaban J connectivity index is 1.97. The molecule has 0 aliphatic carbocycles. The summed E-state index contributed by atoms with van der Waals surface area (Å²) in [6, 6.07) is 2.06. The van der Waals surface area contributed by atoms with Gasteiger partial charge in [0.25, 0.3) is 0 Å². The molecule has 9 heteroatoms. The Labute approximate surface area is 127 Å². The van der Waals surface area contributed by atoms with Crippen LogP contribution in [0.15, 0.2) is 18.3 Å². The van der Waals surface area contributed by atoms with Crippen LogP contribution in [0.4, 0.5) is 13.2 Å². The number of hydrogen-bond donors (Lipinski definition) is 0. The van der Waals surface area contributed by atoms with Crippen molar-refractivity contribution in [2.24, 2.45) is 0 Å². The van der Waals surface area contributed by atoms with Crippen LogP contribution in [0, 0.1) is 0 Å². The molecular formula is C13H17F3N2O3S. The van der Waals surface area contributed by atoms with Crippen LogP contribution < -0.4 is 4.74 Å². The molecule has 0 bridgehead atoms. The summed E-state index contributed by atoms with van der Waals surface area (Å²) in [5.41, 5.74) is -0.956. The van der Waals surface area contributed by atoms with E-state index in [9.17, 15) is 21.6 Å². The largest absolute Gasteiger partial charge is 0.471 e. The second-order valence-electron chi connectivity index (χ2n) is 5.08. The van der Waals surface area contributed by atoms with Gasteiger partial charge in [-0.25, -0.2) is 13.4 Å². The molecule has 22 heavy (non-hydrogen) atoms. The highest BCUT2D eigenvalue weighted by Crippen LogP contribution is 2.35. The van der Waals surface area contributed by atoms with E-state index in [4.69, 9.17) is 4.74 Å². The summed E-state index contributed by atoms with van der Waals surface area (Å²) in [5.74, 6) is -0.459. The highest BCUT2D eigenvalue weighted by atomic mass is 32.2. The maximum atomic E-state index is 12.8. The molecule has 0 aromatic carbocycles. The Morgan fingerprint density at radius 2 is 2.09 bits per heavy atom. The standard InChI is InChI=1S/C13H17F3N2O3S/c1-2-3-7-22(19,20)18-8-10(9-18)21-12-11(13(14,15)16)5-4-6-17-12/h4-6,10H,2-3,7-9H2,1H3. The van der Waals surface area contributed by atoms with E-state index >= 15 is 0 Å². The summed E-state index contributed by atoms with van der Waals surface area (Å²) in [7, 11) is -3.34. The van der Waals surface area contributed by atoms with Crippen LogP contribution in [0.1, 0.15) is 25.3 Å². The average molecular weight is 338 g/mol. The molecule has 1 aromatic rings. The molecule has 1 aromatic heterocycles. The van der Waals surface area contributed by atoms with E-state index < -0.39 is 33.7 Å². The highest BCUT2D eigenvalue weighted by Gasteiger charge is 2.40. The Morgan fingerprint density at radius 3 is 2.68 bits per heavy atom. The molecule has 0 unspecified atom stereocenters. The number of halogens is 3. The Morgan fingerprint density at radius 1 is 1.41 bits per heavy atom. The van der Waals surface area contributed by atoms with Crippen LogP contribution in [-0.2, 0) is 16.2 Å². The van der Waals surface area contributed by atoms with E-state index in [1.54, 1.807) is 0 Å². The minimum absolute atomic E-state index is 0.0492. The van der Waals surface area contributed by atoms with Crippen LogP contribution in [0.2, 0.25) is 0 Å². The van der Waals surface area contributed by atoms with Crippen molar-refractivity contribution >= 4 is 10.0 Å². The molecule has 0 radical (unpaired) electrons. The van der Waals surface area contributed by atoms with Crippen LogP contribution in [-0.4, -0.2) is 42.7 Å². The predicted molar refractivity (Wildman–Crippen MR) is 73.9 cm³/mol. The van der Waals surface area contributed by atoms with E-state index in [-0.39, 0.29) is 18.8 Å². The SMILES string of the molecule is CCCCS(=O)(=O)N1CC(Oc2ncccc2C(F)(F)F)C1. The number of nitrogens with zero attached hydrogens (tertiary/aromatic N) is 2. The zero-order chi connectivity index (χ0) is 16.4. The van der Waals surface area contributed by atoms with Crippen molar-refractivity contribution in [1.29, 1.82) is 0 Å². The van der Waals surface area contributed by atoms with Gasteiger partial charge in [0, 0.05) is 6.20 Å². The fourth-order valence-corrected chi connectivity index (χ4v) is 3.72. The van der Waals surface area contributed by atoms with Gasteiger partial charge < -0.3 is 4.74 Å². The minimum atomic E-state index is -4.56. The molecule has 0 saturated carbocycles. The zero-order valence-corrected chi connectivity index (χ0v) is 12.8. The summed E-state index contributed by atoms with van der Waals surface area (Å²) < 4.78 is 68.6. The third-order valence-corrected chi connectivity index (χ3v) is 5.21. The van der Waals surface area contributed by atoms with Crippen molar-refractivity contribution in [3.63, 3.8) is 0 Å². The van der Waals surface area contributed by atoms with Crippen molar-refractivity contribution in [2.45, 2.75) is 32.0 Å². The second kappa shape index (κ2) is 6.41. The van der Waals surface area contributed by atoms with Gasteiger partial charge in [-0.05, 0) is 18.6 Å². The first-order valence-corrected chi connectivity index (χ1v) is 8.51. The molecule has 0 atom stereocenters. The second-order valence-corrected chi connectivity index (χ2v) is 7.17. The maximum absolute atomic E-state index is 12.8. The third kappa shape index (κ3) is 3.89. The van der Waals surface area contributed by atoms with Crippen molar-refractivity contribution < 1.29 is 26.3 Å². The average Bonchev–Trinajstić information content (AvgIpc) is 2.39. The molecule has 1 fully saturated rings. The van der Waals surface area contributed by atoms with Gasteiger partial charge in [0.1, 0.15) is 11.7 Å². The summed E-state index contributed by atoms with van der Waals surface area (Å²) in [6.45, 7) is 2.00. The third-order valence-electron chi connectivity index (χ3n) is 3.32. The van der Waals surface area contributed by atoms with Crippen molar-refractivity contribution in [1.82, 2.24) is 9.29 Å². The lowest BCUT2D eigenvalue weighted by Gasteiger charge is -2.37. The summed E-state index contributed by atoms with van der Waals surface area (Å²) in [4.78, 5) is 3.59. The molecule has 1 aliphatic rings.